The van der Waals surface area contributed by atoms with Crippen molar-refractivity contribution < 1.29 is 9.59 Å². The largest absolute Gasteiger partial charge is 0.369 e. The fourth-order valence-electron chi connectivity index (χ4n) is 5.75. The zero-order chi connectivity index (χ0) is 22.8. The maximum atomic E-state index is 13.3. The number of aromatic nitrogens is 1. The first-order valence-electron chi connectivity index (χ1n) is 12.2. The fourth-order valence-corrected chi connectivity index (χ4v) is 5.86. The van der Waals surface area contributed by atoms with Gasteiger partial charge in [-0.2, -0.15) is 0 Å². The average Bonchev–Trinajstić information content (AvgIpc) is 3.32. The van der Waals surface area contributed by atoms with Crippen molar-refractivity contribution in [3.63, 3.8) is 0 Å². The lowest BCUT2D eigenvalue weighted by Gasteiger charge is -2.44. The quantitative estimate of drug-likeness (QED) is 0.672. The third-order valence-corrected chi connectivity index (χ3v) is 7.72. The number of nitrogens with zero attached hydrogens (tertiary/aromatic N) is 3. The molecule has 2 aliphatic heterocycles. The van der Waals surface area contributed by atoms with Crippen molar-refractivity contribution >= 4 is 29.1 Å². The van der Waals surface area contributed by atoms with Crippen molar-refractivity contribution in [1.29, 1.82) is 0 Å². The summed E-state index contributed by atoms with van der Waals surface area (Å²) in [4.78, 5) is 34.1. The van der Waals surface area contributed by atoms with Gasteiger partial charge in [0, 0.05) is 49.2 Å². The van der Waals surface area contributed by atoms with Gasteiger partial charge in [-0.3, -0.25) is 9.59 Å². The molecule has 1 aliphatic carbocycles. The number of anilines is 1. The van der Waals surface area contributed by atoms with Crippen molar-refractivity contribution in [3.05, 3.63) is 58.9 Å². The molecule has 0 radical (unpaired) electrons. The zero-order valence-electron chi connectivity index (χ0n) is 18.9. The second kappa shape index (κ2) is 9.72. The van der Waals surface area contributed by atoms with Gasteiger partial charge in [0.25, 0.3) is 11.8 Å². The number of likely N-dealkylation sites (tertiary alicyclic amines) is 1. The molecule has 3 atom stereocenters. The number of hydrogen-bond donors (Lipinski definition) is 1. The molecular formula is C26H31ClN4O2. The topological polar surface area (TPSA) is 65.5 Å². The number of carbonyl (C=O) groups excluding carboxylic acids is 2. The predicted molar refractivity (Wildman–Crippen MR) is 130 cm³/mol. The maximum absolute atomic E-state index is 13.3. The lowest BCUT2D eigenvalue weighted by Crippen LogP contribution is -2.49. The van der Waals surface area contributed by atoms with E-state index in [9.17, 15) is 9.59 Å². The molecule has 2 amide bonds. The smallest absolute Gasteiger partial charge is 0.254 e. The Morgan fingerprint density at radius 3 is 2.45 bits per heavy atom. The van der Waals surface area contributed by atoms with Crippen LogP contribution >= 0.6 is 11.6 Å². The molecule has 0 bridgehead atoms. The Hall–Kier alpha value is -2.60. The summed E-state index contributed by atoms with van der Waals surface area (Å²) in [6.07, 6.45) is 9.75. The summed E-state index contributed by atoms with van der Waals surface area (Å²) in [7, 11) is 0. The minimum absolute atomic E-state index is 0.0751. The standard InChI is InChI=1S/C26H31ClN4O2/c27-24-12-9-20(16-28-24)25(32)29-21-13-15-30(17-21)22-10-7-19(8-11-22)26(33)31-14-3-5-18-4-1-2-6-23(18)31/h7-12,16,18,21,23H,1-6,13-15,17H2,(H,29,32)/t18?,21-,23?/m1/s1. The van der Waals surface area contributed by atoms with Gasteiger partial charge >= 0.3 is 0 Å². The molecule has 7 heteroatoms. The molecular weight excluding hydrogens is 436 g/mol. The Kier molecular flexibility index (Phi) is 6.54. The summed E-state index contributed by atoms with van der Waals surface area (Å²) in [5, 5.41) is 3.46. The van der Waals surface area contributed by atoms with Crippen LogP contribution in [-0.4, -0.2) is 53.4 Å². The Balaban J connectivity index is 1.19. The van der Waals surface area contributed by atoms with Gasteiger partial charge in [-0.05, 0) is 74.4 Å². The monoisotopic (exact) mass is 466 g/mol. The fraction of sp³-hybridized carbons (Fsp3) is 0.500. The highest BCUT2D eigenvalue weighted by molar-refractivity contribution is 6.29. The summed E-state index contributed by atoms with van der Waals surface area (Å²) >= 11 is 5.81. The molecule has 2 aromatic rings. The van der Waals surface area contributed by atoms with Crippen molar-refractivity contribution in [1.82, 2.24) is 15.2 Å². The number of piperidine rings is 1. The highest BCUT2D eigenvalue weighted by Crippen LogP contribution is 2.36. The Labute approximate surface area is 200 Å². The number of hydrogen-bond acceptors (Lipinski definition) is 4. The molecule has 33 heavy (non-hydrogen) atoms. The minimum atomic E-state index is -0.130. The van der Waals surface area contributed by atoms with Crippen LogP contribution < -0.4 is 10.2 Å². The maximum Gasteiger partial charge on any atom is 0.254 e. The van der Waals surface area contributed by atoms with Crippen LogP contribution in [0.1, 0.15) is 65.7 Å². The van der Waals surface area contributed by atoms with Gasteiger partial charge in [0.15, 0.2) is 0 Å². The molecule has 2 saturated heterocycles. The van der Waals surface area contributed by atoms with Crippen LogP contribution in [-0.2, 0) is 0 Å². The molecule has 6 nitrogen and oxygen atoms in total. The average molecular weight is 467 g/mol. The van der Waals surface area contributed by atoms with Crippen molar-refractivity contribution in [3.8, 4) is 0 Å². The van der Waals surface area contributed by atoms with E-state index in [0.29, 0.717) is 22.7 Å². The number of halogens is 1. The summed E-state index contributed by atoms with van der Waals surface area (Å²) in [6.45, 7) is 2.50. The number of rotatable bonds is 4. The first kappa shape index (κ1) is 22.2. The molecule has 3 aliphatic rings. The Morgan fingerprint density at radius 2 is 1.67 bits per heavy atom. The van der Waals surface area contributed by atoms with Crippen LogP contribution in [0, 0.1) is 5.92 Å². The van der Waals surface area contributed by atoms with Crippen LogP contribution in [0.3, 0.4) is 0 Å². The van der Waals surface area contributed by atoms with E-state index in [1.54, 1.807) is 12.1 Å². The van der Waals surface area contributed by atoms with E-state index < -0.39 is 0 Å². The van der Waals surface area contributed by atoms with Crippen LogP contribution in [0.2, 0.25) is 5.15 Å². The molecule has 5 rings (SSSR count). The number of nitrogens with one attached hydrogen (secondary N) is 1. The molecule has 0 spiro atoms. The van der Waals surface area contributed by atoms with E-state index in [1.165, 1.54) is 31.9 Å². The van der Waals surface area contributed by atoms with Crippen LogP contribution in [0.5, 0.6) is 0 Å². The third-order valence-electron chi connectivity index (χ3n) is 7.50. The minimum Gasteiger partial charge on any atom is -0.369 e. The number of fused-ring (bicyclic) bond motifs is 1. The molecule has 1 aromatic carbocycles. The Morgan fingerprint density at radius 1 is 0.909 bits per heavy atom. The number of pyridine rings is 1. The van der Waals surface area contributed by atoms with Gasteiger partial charge in [0.2, 0.25) is 0 Å². The van der Waals surface area contributed by atoms with Gasteiger partial charge in [-0.15, -0.1) is 0 Å². The van der Waals surface area contributed by atoms with Gasteiger partial charge in [0.1, 0.15) is 5.15 Å². The first-order chi connectivity index (χ1) is 16.1. The van der Waals surface area contributed by atoms with Crippen LogP contribution in [0.25, 0.3) is 0 Å². The zero-order valence-corrected chi connectivity index (χ0v) is 19.6. The Bertz CT molecular complexity index is 992. The van der Waals surface area contributed by atoms with E-state index >= 15 is 0 Å². The van der Waals surface area contributed by atoms with E-state index in [0.717, 1.165) is 50.1 Å². The van der Waals surface area contributed by atoms with E-state index in [-0.39, 0.29) is 17.9 Å². The first-order valence-corrected chi connectivity index (χ1v) is 12.5. The molecule has 3 heterocycles. The summed E-state index contributed by atoms with van der Waals surface area (Å²) in [6, 6.07) is 11.8. The predicted octanol–water partition coefficient (Wildman–Crippen LogP) is 4.54. The normalized spacial score (nSPS) is 24.9. The van der Waals surface area contributed by atoms with E-state index in [1.807, 2.05) is 24.3 Å². The van der Waals surface area contributed by atoms with Gasteiger partial charge in [-0.1, -0.05) is 24.4 Å². The van der Waals surface area contributed by atoms with Gasteiger partial charge in [0.05, 0.1) is 5.56 Å². The number of amides is 2. The summed E-state index contributed by atoms with van der Waals surface area (Å²) in [5.41, 5.74) is 2.38. The van der Waals surface area contributed by atoms with E-state index in [2.05, 4.69) is 20.1 Å². The number of benzene rings is 1. The van der Waals surface area contributed by atoms with Crippen LogP contribution in [0.4, 0.5) is 5.69 Å². The van der Waals surface area contributed by atoms with Gasteiger partial charge < -0.3 is 15.1 Å². The third kappa shape index (κ3) is 4.86. The molecule has 1 N–H and O–H groups in total. The summed E-state index contributed by atoms with van der Waals surface area (Å²) < 4.78 is 0. The van der Waals surface area contributed by atoms with E-state index in [4.69, 9.17) is 11.6 Å². The molecule has 2 unspecified atom stereocenters. The second-order valence-corrected chi connectivity index (χ2v) is 9.96. The lowest BCUT2D eigenvalue weighted by atomic mass is 9.78. The number of carbonyl (C=O) groups is 2. The summed E-state index contributed by atoms with van der Waals surface area (Å²) in [5.74, 6) is 0.743. The van der Waals surface area contributed by atoms with Crippen molar-refractivity contribution in [2.75, 3.05) is 24.5 Å². The molecule has 174 valence electrons. The lowest BCUT2D eigenvalue weighted by molar-refractivity contribution is 0.0390. The van der Waals surface area contributed by atoms with Crippen LogP contribution in [0.15, 0.2) is 42.6 Å². The second-order valence-electron chi connectivity index (χ2n) is 9.57. The molecule has 1 aromatic heterocycles. The molecule has 1 saturated carbocycles. The van der Waals surface area contributed by atoms with Gasteiger partial charge in [-0.25, -0.2) is 4.98 Å². The molecule has 3 fully saturated rings. The highest BCUT2D eigenvalue weighted by atomic mass is 35.5. The highest BCUT2D eigenvalue weighted by Gasteiger charge is 2.36. The van der Waals surface area contributed by atoms with Crippen molar-refractivity contribution in [2.45, 2.75) is 57.0 Å². The van der Waals surface area contributed by atoms with Crippen molar-refractivity contribution in [2.24, 2.45) is 5.92 Å². The SMILES string of the molecule is O=C(N[C@@H]1CCN(c2ccc(C(=O)N3CCCC4CCCCC43)cc2)C1)c1ccc(Cl)nc1.